The number of likely N-dealkylation sites (tertiary alicyclic amines) is 1. The maximum atomic E-state index is 15.4. The molecular formula is C25H31FN6O3. The van der Waals surface area contributed by atoms with Gasteiger partial charge in [-0.05, 0) is 56.5 Å². The lowest BCUT2D eigenvalue weighted by Gasteiger charge is -2.35. The van der Waals surface area contributed by atoms with Crippen LogP contribution in [-0.2, 0) is 9.53 Å². The number of methoxy groups -OCH3 is 1. The van der Waals surface area contributed by atoms with E-state index in [4.69, 9.17) is 9.47 Å². The second-order valence-corrected chi connectivity index (χ2v) is 9.19. The normalized spacial score (nSPS) is 20.6. The van der Waals surface area contributed by atoms with Crippen LogP contribution in [0.2, 0.25) is 0 Å². The highest BCUT2D eigenvalue weighted by Crippen LogP contribution is 2.35. The van der Waals surface area contributed by atoms with Crippen LogP contribution in [0, 0.1) is 6.92 Å². The van der Waals surface area contributed by atoms with Gasteiger partial charge in [0.2, 0.25) is 0 Å². The molecule has 0 aliphatic carbocycles. The van der Waals surface area contributed by atoms with Crippen molar-refractivity contribution in [3.8, 4) is 11.8 Å². The van der Waals surface area contributed by atoms with E-state index in [2.05, 4.69) is 26.0 Å². The van der Waals surface area contributed by atoms with Crippen molar-refractivity contribution in [2.45, 2.75) is 38.8 Å². The fraction of sp³-hybridized carbons (Fsp3) is 0.520. The second-order valence-electron chi connectivity index (χ2n) is 9.19. The van der Waals surface area contributed by atoms with E-state index in [1.54, 1.807) is 24.9 Å². The number of rotatable bonds is 7. The Hall–Kier alpha value is -3.27. The number of aromatic nitrogens is 4. The van der Waals surface area contributed by atoms with Gasteiger partial charge in [0.1, 0.15) is 12.0 Å². The predicted molar refractivity (Wildman–Crippen MR) is 130 cm³/mol. The van der Waals surface area contributed by atoms with Crippen molar-refractivity contribution in [2.24, 2.45) is 0 Å². The van der Waals surface area contributed by atoms with E-state index < -0.39 is 6.17 Å². The standard InChI is InChI=1S/C25H31FN6O3/c1-4-35-24(33)15-30-9-6-18(20(26)14-30)19-11-21-17(10-16(19)2)13-27-32(21)23-12-22(31-7-5-8-31)28-25(29-23)34-3/h10-13,18,20H,4-9,14-15H2,1-3H3. The van der Waals surface area contributed by atoms with Gasteiger partial charge in [0.25, 0.3) is 0 Å². The van der Waals surface area contributed by atoms with Crippen LogP contribution in [0.25, 0.3) is 16.7 Å². The summed E-state index contributed by atoms with van der Waals surface area (Å²) < 4.78 is 27.5. The Balaban J connectivity index is 1.44. The summed E-state index contributed by atoms with van der Waals surface area (Å²) in [6.45, 7) is 7.00. The number of esters is 1. The van der Waals surface area contributed by atoms with E-state index in [1.165, 1.54) is 0 Å². The number of benzene rings is 1. The molecule has 2 fully saturated rings. The van der Waals surface area contributed by atoms with Gasteiger partial charge in [-0.25, -0.2) is 9.07 Å². The molecule has 10 heteroatoms. The van der Waals surface area contributed by atoms with Crippen LogP contribution in [0.3, 0.4) is 0 Å². The number of ether oxygens (including phenoxy) is 2. The number of carbonyl (C=O) groups excluding carboxylic acids is 1. The molecule has 9 nitrogen and oxygen atoms in total. The molecule has 5 rings (SSSR count). The van der Waals surface area contributed by atoms with Gasteiger partial charge in [-0.15, -0.1) is 0 Å². The van der Waals surface area contributed by atoms with Crippen molar-refractivity contribution in [1.82, 2.24) is 24.6 Å². The Morgan fingerprint density at radius 3 is 2.66 bits per heavy atom. The number of alkyl halides is 1. The Labute approximate surface area is 203 Å². The molecule has 2 saturated heterocycles. The van der Waals surface area contributed by atoms with Gasteiger partial charge in [-0.1, -0.05) is 0 Å². The van der Waals surface area contributed by atoms with Gasteiger partial charge >= 0.3 is 12.0 Å². The maximum absolute atomic E-state index is 15.4. The third-order valence-electron chi connectivity index (χ3n) is 6.90. The van der Waals surface area contributed by atoms with Crippen molar-refractivity contribution in [2.75, 3.05) is 51.3 Å². The van der Waals surface area contributed by atoms with Crippen LogP contribution >= 0.6 is 0 Å². The zero-order chi connectivity index (χ0) is 24.5. The topological polar surface area (TPSA) is 85.6 Å². The molecule has 0 amide bonds. The SMILES string of the molecule is CCOC(=O)CN1CCC(c2cc3c(cnn3-c3cc(N4CCC4)nc(OC)n3)cc2C)C(F)C1. The number of carbonyl (C=O) groups is 1. The summed E-state index contributed by atoms with van der Waals surface area (Å²) in [6, 6.07) is 6.30. The van der Waals surface area contributed by atoms with Gasteiger partial charge < -0.3 is 14.4 Å². The molecule has 0 saturated carbocycles. The molecule has 2 aliphatic heterocycles. The summed E-state index contributed by atoms with van der Waals surface area (Å²) in [5, 5.41) is 5.56. The predicted octanol–water partition coefficient (Wildman–Crippen LogP) is 3.03. The molecule has 2 aliphatic rings. The second kappa shape index (κ2) is 9.77. The minimum Gasteiger partial charge on any atom is -0.467 e. The lowest BCUT2D eigenvalue weighted by atomic mass is 9.85. The minimum atomic E-state index is -1.08. The molecule has 4 heterocycles. The average molecular weight is 483 g/mol. The molecule has 2 atom stereocenters. The first kappa shape index (κ1) is 23.5. The molecule has 0 spiro atoms. The van der Waals surface area contributed by atoms with Crippen LogP contribution in [0.15, 0.2) is 24.4 Å². The fourth-order valence-corrected chi connectivity index (χ4v) is 4.94. The number of anilines is 1. The van der Waals surface area contributed by atoms with Gasteiger partial charge in [0, 0.05) is 37.0 Å². The van der Waals surface area contributed by atoms with Crippen LogP contribution in [0.1, 0.15) is 36.8 Å². The summed E-state index contributed by atoms with van der Waals surface area (Å²) >= 11 is 0. The smallest absolute Gasteiger partial charge is 0.320 e. The first-order valence-electron chi connectivity index (χ1n) is 12.2. The lowest BCUT2D eigenvalue weighted by Crippen LogP contribution is -2.43. The zero-order valence-corrected chi connectivity index (χ0v) is 20.4. The van der Waals surface area contributed by atoms with Crippen LogP contribution in [0.5, 0.6) is 6.01 Å². The summed E-state index contributed by atoms with van der Waals surface area (Å²) in [4.78, 5) is 24.9. The van der Waals surface area contributed by atoms with E-state index in [0.717, 1.165) is 47.4 Å². The Morgan fingerprint density at radius 1 is 1.17 bits per heavy atom. The zero-order valence-electron chi connectivity index (χ0n) is 20.4. The molecule has 2 aromatic heterocycles. The summed E-state index contributed by atoms with van der Waals surface area (Å²) in [5.74, 6) is 0.867. The van der Waals surface area contributed by atoms with E-state index in [0.29, 0.717) is 25.4 Å². The van der Waals surface area contributed by atoms with E-state index in [1.807, 2.05) is 24.0 Å². The quantitative estimate of drug-likeness (QED) is 0.475. The summed E-state index contributed by atoms with van der Waals surface area (Å²) in [7, 11) is 1.55. The monoisotopic (exact) mass is 482 g/mol. The Morgan fingerprint density at radius 2 is 1.97 bits per heavy atom. The van der Waals surface area contributed by atoms with Crippen LogP contribution < -0.4 is 9.64 Å². The van der Waals surface area contributed by atoms with Gasteiger partial charge in [-0.3, -0.25) is 9.69 Å². The van der Waals surface area contributed by atoms with E-state index >= 15 is 4.39 Å². The third kappa shape index (κ3) is 4.67. The Kier molecular flexibility index (Phi) is 6.55. The van der Waals surface area contributed by atoms with Crippen molar-refractivity contribution in [3.63, 3.8) is 0 Å². The van der Waals surface area contributed by atoms with Gasteiger partial charge in [0.15, 0.2) is 5.82 Å². The summed E-state index contributed by atoms with van der Waals surface area (Å²) in [6.07, 6.45) is 2.49. The van der Waals surface area contributed by atoms with Crippen molar-refractivity contribution < 1.29 is 18.7 Å². The van der Waals surface area contributed by atoms with Crippen LogP contribution in [0.4, 0.5) is 10.2 Å². The number of nitrogens with zero attached hydrogens (tertiary/aromatic N) is 6. The number of halogens is 1. The number of hydrogen-bond donors (Lipinski definition) is 0. The van der Waals surface area contributed by atoms with Crippen molar-refractivity contribution in [3.05, 3.63) is 35.5 Å². The molecule has 2 unspecified atom stereocenters. The average Bonchev–Trinajstić information content (AvgIpc) is 3.20. The molecule has 0 bridgehead atoms. The molecule has 0 N–H and O–H groups in total. The number of fused-ring (bicyclic) bond motifs is 1. The molecule has 186 valence electrons. The number of piperidine rings is 1. The van der Waals surface area contributed by atoms with Gasteiger partial charge in [-0.2, -0.15) is 15.1 Å². The molecule has 35 heavy (non-hydrogen) atoms. The van der Waals surface area contributed by atoms with Crippen LogP contribution in [-0.4, -0.2) is 83.2 Å². The highest BCUT2D eigenvalue weighted by atomic mass is 19.1. The fourth-order valence-electron chi connectivity index (χ4n) is 4.94. The van der Waals surface area contributed by atoms with E-state index in [9.17, 15) is 4.79 Å². The molecule has 0 radical (unpaired) electrons. The van der Waals surface area contributed by atoms with Crippen molar-refractivity contribution in [1.29, 1.82) is 0 Å². The summed E-state index contributed by atoms with van der Waals surface area (Å²) in [5.41, 5.74) is 2.86. The minimum absolute atomic E-state index is 0.126. The maximum Gasteiger partial charge on any atom is 0.320 e. The Bertz CT molecular complexity index is 1230. The third-order valence-corrected chi connectivity index (χ3v) is 6.90. The largest absolute Gasteiger partial charge is 0.467 e. The lowest BCUT2D eigenvalue weighted by molar-refractivity contribution is -0.145. The first-order chi connectivity index (χ1) is 17.0. The molecule has 1 aromatic carbocycles. The number of hydrogen-bond acceptors (Lipinski definition) is 8. The van der Waals surface area contributed by atoms with Crippen molar-refractivity contribution >= 4 is 22.7 Å². The number of aryl methyl sites for hydroxylation is 1. The highest BCUT2D eigenvalue weighted by molar-refractivity contribution is 5.82. The van der Waals surface area contributed by atoms with E-state index in [-0.39, 0.29) is 31.0 Å². The molecule has 3 aromatic rings. The first-order valence-corrected chi connectivity index (χ1v) is 12.2. The highest BCUT2D eigenvalue weighted by Gasteiger charge is 2.32. The molecular weight excluding hydrogens is 451 g/mol. The van der Waals surface area contributed by atoms with Gasteiger partial charge in [0.05, 0.1) is 32.0 Å².